The van der Waals surface area contributed by atoms with E-state index in [1.54, 1.807) is 19.1 Å². The third-order valence-electron chi connectivity index (χ3n) is 5.83. The van der Waals surface area contributed by atoms with Crippen molar-refractivity contribution in [1.29, 1.82) is 0 Å². The van der Waals surface area contributed by atoms with E-state index in [0.717, 1.165) is 25.0 Å². The summed E-state index contributed by atoms with van der Waals surface area (Å²) in [5, 5.41) is 14.5. The predicted octanol–water partition coefficient (Wildman–Crippen LogP) is 3.28. The highest BCUT2D eigenvalue weighted by Gasteiger charge is 2.39. The van der Waals surface area contributed by atoms with Gasteiger partial charge in [-0.05, 0) is 38.2 Å². The van der Waals surface area contributed by atoms with Crippen LogP contribution in [0.5, 0.6) is 0 Å². The second-order valence-electron chi connectivity index (χ2n) is 7.85. The van der Waals surface area contributed by atoms with Crippen LogP contribution in [0.4, 0.5) is 5.69 Å². The molecule has 1 aromatic carbocycles. The first kappa shape index (κ1) is 20.3. The first-order valence-corrected chi connectivity index (χ1v) is 10.2. The van der Waals surface area contributed by atoms with Crippen LogP contribution >= 0.6 is 0 Å². The molecule has 2 aliphatic heterocycles. The van der Waals surface area contributed by atoms with Gasteiger partial charge in [-0.2, -0.15) is 0 Å². The molecule has 2 atom stereocenters. The molecule has 1 fully saturated rings. The van der Waals surface area contributed by atoms with Crippen LogP contribution in [0.25, 0.3) is 0 Å². The number of carbonyl (C=O) groups excluding carboxylic acids is 2. The number of nitro benzene ring substituents is 1. The zero-order valence-electron chi connectivity index (χ0n) is 16.8. The predicted molar refractivity (Wildman–Crippen MR) is 107 cm³/mol. The first-order valence-electron chi connectivity index (χ1n) is 10.2. The number of hydrogen-bond acceptors (Lipinski definition) is 7. The molecule has 0 radical (unpaired) electrons. The highest BCUT2D eigenvalue weighted by Crippen LogP contribution is 2.43. The topological polar surface area (TPSA) is 108 Å². The average Bonchev–Trinajstić information content (AvgIpc) is 3.25. The molecular formula is C22H24N2O6. The van der Waals surface area contributed by atoms with Crippen molar-refractivity contribution in [3.63, 3.8) is 0 Å². The number of ether oxygens (including phenoxy) is 2. The number of dihydropyridines is 1. The molecule has 8 heteroatoms. The number of allylic oxidation sites excluding steroid dienone is 3. The summed E-state index contributed by atoms with van der Waals surface area (Å²) in [6.07, 6.45) is 3.48. The zero-order valence-corrected chi connectivity index (χ0v) is 16.8. The zero-order chi connectivity index (χ0) is 21.3. The number of carbonyl (C=O) groups is 2. The summed E-state index contributed by atoms with van der Waals surface area (Å²) in [5.74, 6) is -1.26. The summed E-state index contributed by atoms with van der Waals surface area (Å²) < 4.78 is 11.1. The van der Waals surface area contributed by atoms with Crippen molar-refractivity contribution in [2.24, 2.45) is 0 Å². The molecule has 2 heterocycles. The van der Waals surface area contributed by atoms with Gasteiger partial charge >= 0.3 is 5.97 Å². The van der Waals surface area contributed by atoms with Gasteiger partial charge in [0.1, 0.15) is 6.61 Å². The maximum Gasteiger partial charge on any atom is 0.336 e. The van der Waals surface area contributed by atoms with Crippen LogP contribution in [-0.4, -0.2) is 36.0 Å². The van der Waals surface area contributed by atoms with Gasteiger partial charge in [0.2, 0.25) is 0 Å². The van der Waals surface area contributed by atoms with Gasteiger partial charge in [0.25, 0.3) is 5.69 Å². The highest BCUT2D eigenvalue weighted by atomic mass is 16.6. The molecule has 0 bridgehead atoms. The Kier molecular flexibility index (Phi) is 5.67. The summed E-state index contributed by atoms with van der Waals surface area (Å²) in [4.78, 5) is 36.8. The summed E-state index contributed by atoms with van der Waals surface area (Å²) in [7, 11) is 0. The van der Waals surface area contributed by atoms with Crippen LogP contribution in [0.3, 0.4) is 0 Å². The molecule has 0 saturated carbocycles. The second kappa shape index (κ2) is 8.39. The van der Waals surface area contributed by atoms with Gasteiger partial charge in [0, 0.05) is 48.0 Å². The van der Waals surface area contributed by atoms with E-state index >= 15 is 0 Å². The lowest BCUT2D eigenvalue weighted by atomic mass is 9.75. The summed E-state index contributed by atoms with van der Waals surface area (Å²) >= 11 is 0. The van der Waals surface area contributed by atoms with Gasteiger partial charge in [-0.25, -0.2) is 4.79 Å². The molecule has 158 valence electrons. The normalized spacial score (nSPS) is 23.8. The fourth-order valence-electron chi connectivity index (χ4n) is 4.43. The van der Waals surface area contributed by atoms with Gasteiger partial charge in [0.15, 0.2) is 5.78 Å². The molecule has 3 aliphatic rings. The molecule has 1 saturated heterocycles. The molecule has 4 rings (SSSR count). The van der Waals surface area contributed by atoms with Gasteiger partial charge in [-0.3, -0.25) is 14.9 Å². The van der Waals surface area contributed by atoms with Crippen LogP contribution in [-0.2, 0) is 19.1 Å². The molecule has 2 unspecified atom stereocenters. The molecule has 1 aromatic rings. The van der Waals surface area contributed by atoms with Crippen molar-refractivity contribution in [2.45, 2.75) is 51.0 Å². The number of esters is 1. The van der Waals surface area contributed by atoms with Gasteiger partial charge in [-0.15, -0.1) is 0 Å². The number of rotatable bonds is 5. The lowest BCUT2D eigenvalue weighted by molar-refractivity contribution is -0.384. The Morgan fingerprint density at radius 1 is 1.33 bits per heavy atom. The summed E-state index contributed by atoms with van der Waals surface area (Å²) in [6, 6.07) is 6.13. The Bertz CT molecular complexity index is 958. The number of non-ortho nitro benzene ring substituents is 1. The van der Waals surface area contributed by atoms with Gasteiger partial charge < -0.3 is 14.8 Å². The number of nitrogens with one attached hydrogen (secondary N) is 1. The van der Waals surface area contributed by atoms with E-state index in [1.807, 2.05) is 0 Å². The molecule has 0 aromatic heterocycles. The minimum atomic E-state index is -0.689. The minimum Gasteiger partial charge on any atom is -0.459 e. The van der Waals surface area contributed by atoms with Crippen molar-refractivity contribution >= 4 is 17.4 Å². The SMILES string of the molecule is CC1=C(C(=O)OCC2CCCO2)C(c2cccc([N+](=O)[O-])c2)C2=C(CCCC2=O)N1. The molecule has 30 heavy (non-hydrogen) atoms. The Hall–Kier alpha value is -3.00. The third kappa shape index (κ3) is 3.87. The number of nitro groups is 1. The molecule has 8 nitrogen and oxygen atoms in total. The Balaban J connectivity index is 1.72. The van der Waals surface area contributed by atoms with E-state index in [4.69, 9.17) is 9.47 Å². The van der Waals surface area contributed by atoms with Crippen molar-refractivity contribution in [2.75, 3.05) is 13.2 Å². The van der Waals surface area contributed by atoms with Crippen molar-refractivity contribution in [3.05, 3.63) is 62.5 Å². The van der Waals surface area contributed by atoms with Crippen LogP contribution < -0.4 is 5.32 Å². The number of nitrogens with zero attached hydrogens (tertiary/aromatic N) is 1. The van der Waals surface area contributed by atoms with Crippen molar-refractivity contribution in [1.82, 2.24) is 5.32 Å². The van der Waals surface area contributed by atoms with Crippen molar-refractivity contribution in [3.8, 4) is 0 Å². The van der Waals surface area contributed by atoms with Crippen LogP contribution in [0.1, 0.15) is 50.5 Å². The van der Waals surface area contributed by atoms with Gasteiger partial charge in [-0.1, -0.05) is 12.1 Å². The Morgan fingerprint density at radius 3 is 2.90 bits per heavy atom. The Labute approximate surface area is 174 Å². The summed E-state index contributed by atoms with van der Waals surface area (Å²) in [6.45, 7) is 2.58. The number of benzene rings is 1. The molecule has 0 spiro atoms. The second-order valence-corrected chi connectivity index (χ2v) is 7.85. The molecular weight excluding hydrogens is 388 g/mol. The third-order valence-corrected chi connectivity index (χ3v) is 5.83. The largest absolute Gasteiger partial charge is 0.459 e. The fourth-order valence-corrected chi connectivity index (χ4v) is 4.43. The average molecular weight is 412 g/mol. The van der Waals surface area contributed by atoms with E-state index < -0.39 is 16.8 Å². The molecule has 1 N–H and O–H groups in total. The number of hydrogen-bond donors (Lipinski definition) is 1. The van der Waals surface area contributed by atoms with E-state index in [-0.39, 0.29) is 24.2 Å². The maximum absolute atomic E-state index is 13.1. The Morgan fingerprint density at radius 2 is 2.17 bits per heavy atom. The smallest absolute Gasteiger partial charge is 0.336 e. The number of Topliss-reactive ketones (excluding diaryl/α,β-unsaturated/α-hetero) is 1. The minimum absolute atomic E-state index is 0.0443. The van der Waals surface area contributed by atoms with E-state index in [0.29, 0.717) is 41.9 Å². The summed E-state index contributed by atoms with van der Waals surface area (Å²) in [5.41, 5.74) is 2.69. The number of ketones is 1. The van der Waals surface area contributed by atoms with Crippen LogP contribution in [0.15, 0.2) is 46.8 Å². The molecule has 1 aliphatic carbocycles. The van der Waals surface area contributed by atoms with E-state index in [9.17, 15) is 19.7 Å². The van der Waals surface area contributed by atoms with Crippen LogP contribution in [0, 0.1) is 10.1 Å². The fraction of sp³-hybridized carbons (Fsp3) is 0.455. The van der Waals surface area contributed by atoms with E-state index in [1.165, 1.54) is 12.1 Å². The molecule has 0 amide bonds. The lowest BCUT2D eigenvalue weighted by Gasteiger charge is -2.34. The maximum atomic E-state index is 13.1. The van der Waals surface area contributed by atoms with Gasteiger partial charge in [0.05, 0.1) is 16.6 Å². The quantitative estimate of drug-likeness (QED) is 0.449. The van der Waals surface area contributed by atoms with E-state index in [2.05, 4.69) is 5.32 Å². The van der Waals surface area contributed by atoms with Crippen molar-refractivity contribution < 1.29 is 24.0 Å². The monoisotopic (exact) mass is 412 g/mol. The highest BCUT2D eigenvalue weighted by molar-refractivity contribution is 6.03. The first-order chi connectivity index (χ1) is 14.5. The van der Waals surface area contributed by atoms with Crippen LogP contribution in [0.2, 0.25) is 0 Å². The standard InChI is InChI=1S/C22H24N2O6/c1-13-19(22(26)30-12-16-7-4-10-29-16)20(14-5-2-6-15(11-14)24(27)28)21-17(23-13)8-3-9-18(21)25/h2,5-6,11,16,20,23H,3-4,7-10,12H2,1H3. The lowest BCUT2D eigenvalue weighted by Crippen LogP contribution is -2.35.